The van der Waals surface area contributed by atoms with Gasteiger partial charge < -0.3 is 0 Å². The minimum Gasteiger partial charge on any atom is -0.289 e. The van der Waals surface area contributed by atoms with E-state index in [1.54, 1.807) is 11.3 Å². The minimum atomic E-state index is 0.115. The molecule has 0 atom stereocenters. The SMILES string of the molecule is Cc1cc(Br)ccc1C(=O)c1ccsc1C. The standard InChI is InChI=1S/C13H11BrOS/c1-8-7-10(14)3-4-11(8)13(15)12-5-6-16-9(12)2/h3-7H,1-2H3. The predicted molar refractivity (Wildman–Crippen MR) is 71.4 cm³/mol. The van der Waals surface area contributed by atoms with Gasteiger partial charge in [0.2, 0.25) is 0 Å². The normalized spacial score (nSPS) is 10.4. The number of aryl methyl sites for hydroxylation is 2. The molecule has 1 aromatic heterocycles. The van der Waals surface area contributed by atoms with Crippen molar-refractivity contribution in [3.05, 3.63) is 55.7 Å². The van der Waals surface area contributed by atoms with Crippen molar-refractivity contribution in [2.75, 3.05) is 0 Å². The van der Waals surface area contributed by atoms with E-state index < -0.39 is 0 Å². The van der Waals surface area contributed by atoms with Gasteiger partial charge in [-0.15, -0.1) is 11.3 Å². The monoisotopic (exact) mass is 294 g/mol. The molecule has 0 amide bonds. The molecule has 0 N–H and O–H groups in total. The Morgan fingerprint density at radius 1 is 1.19 bits per heavy atom. The zero-order valence-corrected chi connectivity index (χ0v) is 11.5. The van der Waals surface area contributed by atoms with Crippen molar-refractivity contribution in [2.45, 2.75) is 13.8 Å². The fourth-order valence-corrected chi connectivity index (χ4v) is 2.82. The first-order chi connectivity index (χ1) is 7.59. The maximum absolute atomic E-state index is 12.3. The van der Waals surface area contributed by atoms with Crippen molar-refractivity contribution in [1.29, 1.82) is 0 Å². The highest BCUT2D eigenvalue weighted by molar-refractivity contribution is 9.10. The molecule has 0 aliphatic heterocycles. The van der Waals surface area contributed by atoms with E-state index in [1.807, 2.05) is 43.5 Å². The second-order valence-corrected chi connectivity index (χ2v) is 5.71. The summed E-state index contributed by atoms with van der Waals surface area (Å²) >= 11 is 5.01. The van der Waals surface area contributed by atoms with Crippen LogP contribution in [0.4, 0.5) is 0 Å². The van der Waals surface area contributed by atoms with Gasteiger partial charge in [0.1, 0.15) is 0 Å². The van der Waals surface area contributed by atoms with Crippen molar-refractivity contribution >= 4 is 33.0 Å². The molecule has 0 saturated carbocycles. The summed E-state index contributed by atoms with van der Waals surface area (Å²) in [5.41, 5.74) is 2.60. The Bertz CT molecular complexity index is 543. The molecule has 82 valence electrons. The molecule has 0 fully saturated rings. The highest BCUT2D eigenvalue weighted by Crippen LogP contribution is 2.22. The quantitative estimate of drug-likeness (QED) is 0.752. The molecule has 0 bridgehead atoms. The summed E-state index contributed by atoms with van der Waals surface area (Å²) in [6.45, 7) is 3.94. The van der Waals surface area contributed by atoms with Crippen LogP contribution in [-0.2, 0) is 0 Å². The largest absolute Gasteiger partial charge is 0.289 e. The molecule has 2 rings (SSSR count). The highest BCUT2D eigenvalue weighted by atomic mass is 79.9. The van der Waals surface area contributed by atoms with E-state index >= 15 is 0 Å². The van der Waals surface area contributed by atoms with Gasteiger partial charge in [0.25, 0.3) is 0 Å². The molecule has 0 aliphatic carbocycles. The van der Waals surface area contributed by atoms with Gasteiger partial charge in [0.05, 0.1) is 0 Å². The van der Waals surface area contributed by atoms with Gasteiger partial charge in [0.15, 0.2) is 5.78 Å². The highest BCUT2D eigenvalue weighted by Gasteiger charge is 2.14. The molecule has 0 aliphatic rings. The molecule has 0 unspecified atom stereocenters. The number of hydrogen-bond acceptors (Lipinski definition) is 2. The smallest absolute Gasteiger partial charge is 0.194 e. The first-order valence-corrected chi connectivity index (χ1v) is 6.62. The Labute approximate surface area is 107 Å². The average molecular weight is 295 g/mol. The van der Waals surface area contributed by atoms with Crippen molar-refractivity contribution in [2.24, 2.45) is 0 Å². The van der Waals surface area contributed by atoms with Crippen molar-refractivity contribution in [3.63, 3.8) is 0 Å². The lowest BCUT2D eigenvalue weighted by molar-refractivity contribution is 0.103. The summed E-state index contributed by atoms with van der Waals surface area (Å²) in [6, 6.07) is 7.64. The second-order valence-electron chi connectivity index (χ2n) is 3.68. The van der Waals surface area contributed by atoms with E-state index in [1.165, 1.54) is 0 Å². The Balaban J connectivity index is 2.46. The first kappa shape index (κ1) is 11.6. The summed E-state index contributed by atoms with van der Waals surface area (Å²) in [5.74, 6) is 0.115. The first-order valence-electron chi connectivity index (χ1n) is 4.94. The van der Waals surface area contributed by atoms with Gasteiger partial charge >= 0.3 is 0 Å². The van der Waals surface area contributed by atoms with E-state index in [0.29, 0.717) is 0 Å². The number of benzene rings is 1. The maximum Gasteiger partial charge on any atom is 0.194 e. The summed E-state index contributed by atoms with van der Waals surface area (Å²) in [6.07, 6.45) is 0. The van der Waals surface area contributed by atoms with Crippen LogP contribution in [0.25, 0.3) is 0 Å². The molecule has 1 aromatic carbocycles. The van der Waals surface area contributed by atoms with Crippen LogP contribution in [0, 0.1) is 13.8 Å². The van der Waals surface area contributed by atoms with Crippen LogP contribution in [-0.4, -0.2) is 5.78 Å². The molecule has 16 heavy (non-hydrogen) atoms. The Morgan fingerprint density at radius 3 is 2.50 bits per heavy atom. The molecule has 1 heterocycles. The van der Waals surface area contributed by atoms with Crippen LogP contribution < -0.4 is 0 Å². The summed E-state index contributed by atoms with van der Waals surface area (Å²) < 4.78 is 1.00. The molecule has 2 aromatic rings. The third-order valence-electron chi connectivity index (χ3n) is 2.54. The zero-order chi connectivity index (χ0) is 11.7. The number of thiophene rings is 1. The van der Waals surface area contributed by atoms with Gasteiger partial charge in [-0.2, -0.15) is 0 Å². The molecule has 0 saturated heterocycles. The molecule has 3 heteroatoms. The van der Waals surface area contributed by atoms with Gasteiger partial charge in [0, 0.05) is 20.5 Å². The molecule has 0 spiro atoms. The van der Waals surface area contributed by atoms with Crippen LogP contribution >= 0.6 is 27.3 Å². The molecule has 1 nitrogen and oxygen atoms in total. The third-order valence-corrected chi connectivity index (χ3v) is 3.88. The van der Waals surface area contributed by atoms with Crippen LogP contribution in [0.3, 0.4) is 0 Å². The van der Waals surface area contributed by atoms with E-state index in [2.05, 4.69) is 15.9 Å². The number of ketones is 1. The molecule has 0 radical (unpaired) electrons. The lowest BCUT2D eigenvalue weighted by Gasteiger charge is -2.05. The lowest BCUT2D eigenvalue weighted by atomic mass is 10.00. The zero-order valence-electron chi connectivity index (χ0n) is 9.08. The molecular weight excluding hydrogens is 284 g/mol. The summed E-state index contributed by atoms with van der Waals surface area (Å²) in [5, 5.41) is 1.96. The van der Waals surface area contributed by atoms with Gasteiger partial charge in [-0.1, -0.05) is 15.9 Å². The van der Waals surface area contributed by atoms with E-state index in [9.17, 15) is 4.79 Å². The van der Waals surface area contributed by atoms with E-state index in [4.69, 9.17) is 0 Å². The lowest BCUT2D eigenvalue weighted by Crippen LogP contribution is -2.03. The van der Waals surface area contributed by atoms with Crippen LogP contribution in [0.2, 0.25) is 0 Å². The average Bonchev–Trinajstić information content (AvgIpc) is 2.63. The number of carbonyl (C=O) groups is 1. The Kier molecular flexibility index (Phi) is 3.26. The topological polar surface area (TPSA) is 17.1 Å². The summed E-state index contributed by atoms with van der Waals surface area (Å²) in [7, 11) is 0. The third kappa shape index (κ3) is 2.11. The van der Waals surface area contributed by atoms with E-state index in [0.717, 1.165) is 26.0 Å². The Morgan fingerprint density at radius 2 is 1.94 bits per heavy atom. The van der Waals surface area contributed by atoms with Crippen molar-refractivity contribution < 1.29 is 4.79 Å². The summed E-state index contributed by atoms with van der Waals surface area (Å²) in [4.78, 5) is 13.3. The maximum atomic E-state index is 12.3. The number of carbonyl (C=O) groups excluding carboxylic acids is 1. The van der Waals surface area contributed by atoms with Crippen molar-refractivity contribution in [1.82, 2.24) is 0 Å². The fourth-order valence-electron chi connectivity index (χ4n) is 1.65. The number of hydrogen-bond donors (Lipinski definition) is 0. The van der Waals surface area contributed by atoms with Gasteiger partial charge in [-0.25, -0.2) is 0 Å². The van der Waals surface area contributed by atoms with Gasteiger partial charge in [-0.05, 0) is 49.1 Å². The Hall–Kier alpha value is -0.930. The van der Waals surface area contributed by atoms with Gasteiger partial charge in [-0.3, -0.25) is 4.79 Å². The van der Waals surface area contributed by atoms with Crippen LogP contribution in [0.5, 0.6) is 0 Å². The van der Waals surface area contributed by atoms with Crippen LogP contribution in [0.1, 0.15) is 26.4 Å². The number of rotatable bonds is 2. The van der Waals surface area contributed by atoms with Crippen molar-refractivity contribution in [3.8, 4) is 0 Å². The van der Waals surface area contributed by atoms with E-state index in [-0.39, 0.29) is 5.78 Å². The fraction of sp³-hybridized carbons (Fsp3) is 0.154. The number of halogens is 1. The molecular formula is C13H11BrOS. The second kappa shape index (κ2) is 4.52. The van der Waals surface area contributed by atoms with Crippen LogP contribution in [0.15, 0.2) is 34.1 Å². The minimum absolute atomic E-state index is 0.115. The predicted octanol–water partition coefficient (Wildman–Crippen LogP) is 4.36.